The Bertz CT molecular complexity index is 591. The van der Waals surface area contributed by atoms with Crippen LogP contribution in [0.4, 0.5) is 11.6 Å². The molecule has 0 spiro atoms. The first-order valence-corrected chi connectivity index (χ1v) is 6.89. The molecule has 0 bridgehead atoms. The van der Waals surface area contributed by atoms with Crippen molar-refractivity contribution in [3.05, 3.63) is 21.7 Å². The number of nitro groups is 1. The zero-order valence-electron chi connectivity index (χ0n) is 10.00. The fraction of sp³-hybridized carbons (Fsp3) is 0.545. The number of imidazole rings is 1. The molecule has 2 aromatic rings. The van der Waals surface area contributed by atoms with E-state index in [1.807, 2.05) is 0 Å². The Morgan fingerprint density at radius 2 is 2.44 bits per heavy atom. The van der Waals surface area contributed by atoms with Crippen LogP contribution < -0.4 is 5.32 Å². The van der Waals surface area contributed by atoms with Crippen LogP contribution in [0.15, 0.2) is 11.6 Å². The summed E-state index contributed by atoms with van der Waals surface area (Å²) >= 11 is 1.41. The van der Waals surface area contributed by atoms with Crippen LogP contribution in [0.25, 0.3) is 4.96 Å². The van der Waals surface area contributed by atoms with Crippen molar-refractivity contribution in [2.24, 2.45) is 5.92 Å². The number of hydrogen-bond acceptors (Lipinski definition) is 5. The minimum Gasteiger partial charge on any atom is -0.360 e. The van der Waals surface area contributed by atoms with Gasteiger partial charge in [0.1, 0.15) is 6.20 Å². The van der Waals surface area contributed by atoms with E-state index >= 15 is 0 Å². The lowest BCUT2D eigenvalue weighted by Gasteiger charge is -2.10. The van der Waals surface area contributed by atoms with Crippen molar-refractivity contribution in [2.45, 2.75) is 32.2 Å². The number of aromatic nitrogens is 2. The first kappa shape index (κ1) is 11.5. The summed E-state index contributed by atoms with van der Waals surface area (Å²) in [6.45, 7) is 2.21. The van der Waals surface area contributed by atoms with Gasteiger partial charge in [-0.1, -0.05) is 18.3 Å². The lowest BCUT2D eigenvalue weighted by Crippen LogP contribution is -2.16. The number of hydrogen-bond donors (Lipinski definition) is 1. The largest absolute Gasteiger partial charge is 0.372 e. The Balaban J connectivity index is 1.93. The van der Waals surface area contributed by atoms with Crippen molar-refractivity contribution < 1.29 is 4.92 Å². The van der Waals surface area contributed by atoms with Gasteiger partial charge in [0, 0.05) is 11.4 Å². The Kier molecular flexibility index (Phi) is 2.70. The van der Waals surface area contributed by atoms with Crippen LogP contribution in [0.2, 0.25) is 0 Å². The van der Waals surface area contributed by atoms with E-state index in [4.69, 9.17) is 0 Å². The van der Waals surface area contributed by atoms with E-state index in [0.29, 0.717) is 22.7 Å². The molecule has 96 valence electrons. The minimum absolute atomic E-state index is 0.0470. The fourth-order valence-corrected chi connectivity index (χ4v) is 3.29. The summed E-state index contributed by atoms with van der Waals surface area (Å²) in [6, 6.07) is 0.309. The second-order valence-corrected chi connectivity index (χ2v) is 5.73. The highest BCUT2D eigenvalue weighted by molar-refractivity contribution is 7.15. The van der Waals surface area contributed by atoms with Gasteiger partial charge in [-0.05, 0) is 30.1 Å². The predicted molar refractivity (Wildman–Crippen MR) is 70.1 cm³/mol. The van der Waals surface area contributed by atoms with Gasteiger partial charge in [-0.3, -0.25) is 0 Å². The highest BCUT2D eigenvalue weighted by Crippen LogP contribution is 2.32. The maximum atomic E-state index is 11.1. The number of rotatable bonds is 3. The quantitative estimate of drug-likeness (QED) is 0.684. The molecular formula is C11H14N4O2S. The SMILES string of the molecule is CC1CCC(Nc2nc3sccn3c2[N+](=O)[O-])C1. The lowest BCUT2D eigenvalue weighted by molar-refractivity contribution is -0.389. The van der Waals surface area contributed by atoms with Crippen LogP contribution in [0.3, 0.4) is 0 Å². The summed E-state index contributed by atoms with van der Waals surface area (Å²) < 4.78 is 1.53. The number of anilines is 1. The smallest absolute Gasteiger partial charge is 0.360 e. The average Bonchev–Trinajstić information content (AvgIpc) is 2.93. The maximum absolute atomic E-state index is 11.1. The highest BCUT2D eigenvalue weighted by atomic mass is 32.1. The van der Waals surface area contributed by atoms with Crippen LogP contribution in [-0.2, 0) is 0 Å². The van der Waals surface area contributed by atoms with Gasteiger partial charge >= 0.3 is 5.82 Å². The second-order valence-electron chi connectivity index (χ2n) is 4.86. The van der Waals surface area contributed by atoms with Gasteiger partial charge in [0.15, 0.2) is 0 Å². The molecule has 2 unspecified atom stereocenters. The van der Waals surface area contributed by atoms with Gasteiger partial charge in [0.25, 0.3) is 4.96 Å². The molecular weight excluding hydrogens is 252 g/mol. The molecule has 2 aromatic heterocycles. The lowest BCUT2D eigenvalue weighted by atomic mass is 10.1. The number of nitrogens with zero attached hydrogens (tertiary/aromatic N) is 3. The van der Waals surface area contributed by atoms with Crippen molar-refractivity contribution in [3.63, 3.8) is 0 Å². The molecule has 2 atom stereocenters. The topological polar surface area (TPSA) is 72.5 Å². The molecule has 6 nitrogen and oxygen atoms in total. The molecule has 0 aliphatic heterocycles. The van der Waals surface area contributed by atoms with Crippen molar-refractivity contribution in [1.82, 2.24) is 9.38 Å². The number of thiazole rings is 1. The molecule has 2 heterocycles. The molecule has 1 aliphatic rings. The molecule has 1 aliphatic carbocycles. The number of nitrogens with one attached hydrogen (secondary N) is 1. The van der Waals surface area contributed by atoms with E-state index in [2.05, 4.69) is 17.2 Å². The summed E-state index contributed by atoms with van der Waals surface area (Å²) in [4.78, 5) is 15.7. The van der Waals surface area contributed by atoms with Crippen LogP contribution in [0.1, 0.15) is 26.2 Å². The Labute approximate surface area is 108 Å². The molecule has 0 aromatic carbocycles. The van der Waals surface area contributed by atoms with Crippen molar-refractivity contribution >= 4 is 27.9 Å². The van der Waals surface area contributed by atoms with Crippen LogP contribution in [0.5, 0.6) is 0 Å². The summed E-state index contributed by atoms with van der Waals surface area (Å²) in [7, 11) is 0. The Hall–Kier alpha value is -1.63. The van der Waals surface area contributed by atoms with E-state index < -0.39 is 0 Å². The predicted octanol–water partition coefficient (Wildman–Crippen LogP) is 2.90. The summed E-state index contributed by atoms with van der Waals surface area (Å²) in [5.41, 5.74) is 0. The fourth-order valence-electron chi connectivity index (χ4n) is 2.58. The van der Waals surface area contributed by atoms with E-state index in [-0.39, 0.29) is 10.7 Å². The zero-order valence-corrected chi connectivity index (χ0v) is 10.8. The second kappa shape index (κ2) is 4.24. The zero-order chi connectivity index (χ0) is 12.7. The summed E-state index contributed by atoms with van der Waals surface area (Å²) in [5, 5.41) is 16.2. The van der Waals surface area contributed by atoms with E-state index in [9.17, 15) is 10.1 Å². The van der Waals surface area contributed by atoms with Gasteiger partial charge in [-0.15, -0.1) is 0 Å². The normalized spacial score (nSPS) is 23.6. The van der Waals surface area contributed by atoms with E-state index in [1.165, 1.54) is 22.2 Å². The van der Waals surface area contributed by atoms with Crippen molar-refractivity contribution in [2.75, 3.05) is 5.32 Å². The van der Waals surface area contributed by atoms with Crippen molar-refractivity contribution in [1.29, 1.82) is 0 Å². The molecule has 0 saturated heterocycles. The molecule has 0 amide bonds. The Morgan fingerprint density at radius 3 is 3.11 bits per heavy atom. The van der Waals surface area contributed by atoms with Gasteiger partial charge in [-0.25, -0.2) is 0 Å². The first-order valence-electron chi connectivity index (χ1n) is 6.01. The first-order chi connectivity index (χ1) is 8.65. The molecule has 0 radical (unpaired) electrons. The van der Waals surface area contributed by atoms with Crippen LogP contribution in [0, 0.1) is 16.0 Å². The standard InChI is InChI=1S/C11H14N4O2S/c1-7-2-3-8(6-7)12-9-10(15(16)17)14-4-5-18-11(14)13-9/h4-5,7-8,12H,2-3,6H2,1H3. The molecule has 1 N–H and O–H groups in total. The van der Waals surface area contributed by atoms with E-state index in [1.54, 1.807) is 11.6 Å². The van der Waals surface area contributed by atoms with Gasteiger partial charge < -0.3 is 15.4 Å². The average molecular weight is 266 g/mol. The minimum atomic E-state index is -0.368. The van der Waals surface area contributed by atoms with E-state index in [0.717, 1.165) is 12.8 Å². The summed E-state index contributed by atoms with van der Waals surface area (Å²) in [5.74, 6) is 1.14. The molecule has 3 rings (SSSR count). The summed E-state index contributed by atoms with van der Waals surface area (Å²) in [6.07, 6.45) is 4.98. The molecule has 18 heavy (non-hydrogen) atoms. The monoisotopic (exact) mass is 266 g/mol. The molecule has 7 heteroatoms. The number of fused-ring (bicyclic) bond motifs is 1. The molecule has 1 saturated carbocycles. The van der Waals surface area contributed by atoms with Crippen molar-refractivity contribution in [3.8, 4) is 0 Å². The van der Waals surface area contributed by atoms with Gasteiger partial charge in [-0.2, -0.15) is 9.38 Å². The Morgan fingerprint density at radius 1 is 1.61 bits per heavy atom. The third kappa shape index (κ3) is 1.84. The van der Waals surface area contributed by atoms with Gasteiger partial charge in [0.05, 0.1) is 0 Å². The highest BCUT2D eigenvalue weighted by Gasteiger charge is 2.28. The third-order valence-corrected chi connectivity index (χ3v) is 4.20. The van der Waals surface area contributed by atoms with Gasteiger partial charge in [0.2, 0.25) is 5.82 Å². The van der Waals surface area contributed by atoms with Crippen LogP contribution in [-0.4, -0.2) is 20.3 Å². The maximum Gasteiger partial charge on any atom is 0.372 e. The molecule has 1 fully saturated rings. The third-order valence-electron chi connectivity index (χ3n) is 3.45. The van der Waals surface area contributed by atoms with Crippen LogP contribution >= 0.6 is 11.3 Å².